The topological polar surface area (TPSA) is 101 Å². The van der Waals surface area contributed by atoms with E-state index in [4.69, 9.17) is 10.8 Å². The maximum atomic E-state index is 10.6. The van der Waals surface area contributed by atoms with Crippen molar-refractivity contribution in [1.82, 2.24) is 9.36 Å². The number of carboxylic acid groups (broad SMARTS) is 1. The Bertz CT molecular complexity index is 567. The number of anilines is 2. The van der Waals surface area contributed by atoms with Crippen LogP contribution in [0.5, 0.6) is 0 Å². The third-order valence-electron chi connectivity index (χ3n) is 2.17. The first-order chi connectivity index (χ1) is 8.08. The molecule has 0 aliphatic rings. The SMILES string of the molecule is Cc1nc(-c2sncc2NC(=O)O)ccc1N. The van der Waals surface area contributed by atoms with Gasteiger partial charge in [0.15, 0.2) is 0 Å². The molecule has 2 heterocycles. The van der Waals surface area contributed by atoms with Crippen molar-refractivity contribution >= 4 is 29.0 Å². The fourth-order valence-corrected chi connectivity index (χ4v) is 2.00. The molecule has 17 heavy (non-hydrogen) atoms. The van der Waals surface area contributed by atoms with Gasteiger partial charge in [0.2, 0.25) is 0 Å². The number of amides is 1. The highest BCUT2D eigenvalue weighted by molar-refractivity contribution is 7.10. The van der Waals surface area contributed by atoms with Crippen LogP contribution in [-0.2, 0) is 0 Å². The summed E-state index contributed by atoms with van der Waals surface area (Å²) in [6.07, 6.45) is 0.334. The largest absolute Gasteiger partial charge is 0.465 e. The minimum atomic E-state index is -1.13. The molecular formula is C10H10N4O2S. The molecule has 1 amide bonds. The van der Waals surface area contributed by atoms with Crippen molar-refractivity contribution in [3.05, 3.63) is 24.0 Å². The summed E-state index contributed by atoms with van der Waals surface area (Å²) in [7, 11) is 0. The van der Waals surface area contributed by atoms with Gasteiger partial charge >= 0.3 is 6.09 Å². The molecule has 0 atom stereocenters. The molecule has 0 radical (unpaired) electrons. The molecule has 0 unspecified atom stereocenters. The molecule has 0 saturated heterocycles. The number of aryl methyl sites for hydroxylation is 1. The predicted octanol–water partition coefficient (Wildman–Crippen LogP) is 2.19. The van der Waals surface area contributed by atoms with E-state index >= 15 is 0 Å². The van der Waals surface area contributed by atoms with Crippen LogP contribution in [0.25, 0.3) is 10.6 Å². The van der Waals surface area contributed by atoms with E-state index in [1.54, 1.807) is 19.1 Å². The molecule has 7 heteroatoms. The Kier molecular flexibility index (Phi) is 2.92. The van der Waals surface area contributed by atoms with Gasteiger partial charge in [-0.2, -0.15) is 4.37 Å². The van der Waals surface area contributed by atoms with Gasteiger partial charge in [-0.25, -0.2) is 9.78 Å². The molecule has 4 N–H and O–H groups in total. The van der Waals surface area contributed by atoms with Crippen molar-refractivity contribution < 1.29 is 9.90 Å². The average Bonchev–Trinajstić information content (AvgIpc) is 2.69. The second kappa shape index (κ2) is 4.38. The Morgan fingerprint density at radius 3 is 2.94 bits per heavy atom. The fraction of sp³-hybridized carbons (Fsp3) is 0.100. The molecular weight excluding hydrogens is 240 g/mol. The molecule has 2 rings (SSSR count). The summed E-state index contributed by atoms with van der Waals surface area (Å²) in [5.41, 5.74) is 8.07. The van der Waals surface area contributed by atoms with Crippen LogP contribution in [0.3, 0.4) is 0 Å². The van der Waals surface area contributed by atoms with E-state index in [1.807, 2.05) is 0 Å². The summed E-state index contributed by atoms with van der Waals surface area (Å²) < 4.78 is 3.95. The molecule has 6 nitrogen and oxygen atoms in total. The Labute approximate surface area is 101 Å². The van der Waals surface area contributed by atoms with Crippen molar-refractivity contribution in [1.29, 1.82) is 0 Å². The quantitative estimate of drug-likeness (QED) is 0.758. The first kappa shape index (κ1) is 11.3. The number of aromatic nitrogens is 2. The van der Waals surface area contributed by atoms with Gasteiger partial charge < -0.3 is 10.8 Å². The first-order valence-corrected chi connectivity index (χ1v) is 5.53. The number of nitrogens with zero attached hydrogens (tertiary/aromatic N) is 2. The zero-order chi connectivity index (χ0) is 12.4. The molecule has 2 aromatic heterocycles. The molecule has 0 aromatic carbocycles. The second-order valence-electron chi connectivity index (χ2n) is 3.37. The smallest absolute Gasteiger partial charge is 0.409 e. The molecule has 0 aliphatic heterocycles. The van der Waals surface area contributed by atoms with Crippen molar-refractivity contribution in [2.75, 3.05) is 11.1 Å². The maximum Gasteiger partial charge on any atom is 0.409 e. The lowest BCUT2D eigenvalue weighted by Crippen LogP contribution is -2.07. The Morgan fingerprint density at radius 2 is 2.29 bits per heavy atom. The summed E-state index contributed by atoms with van der Waals surface area (Å²) in [6.45, 7) is 1.80. The Balaban J connectivity index is 2.42. The van der Waals surface area contributed by atoms with Gasteiger partial charge in [0, 0.05) is 0 Å². The third kappa shape index (κ3) is 2.34. The molecule has 0 spiro atoms. The van der Waals surface area contributed by atoms with Crippen molar-refractivity contribution in [2.45, 2.75) is 6.92 Å². The van der Waals surface area contributed by atoms with E-state index in [-0.39, 0.29) is 0 Å². The van der Waals surface area contributed by atoms with Gasteiger partial charge in [0.1, 0.15) is 0 Å². The third-order valence-corrected chi connectivity index (χ3v) is 2.99. The van der Waals surface area contributed by atoms with Crippen LogP contribution in [0, 0.1) is 6.92 Å². The highest BCUT2D eigenvalue weighted by atomic mass is 32.1. The Hall–Kier alpha value is -2.15. The van der Waals surface area contributed by atoms with Crippen molar-refractivity contribution in [3.63, 3.8) is 0 Å². The Morgan fingerprint density at radius 1 is 1.53 bits per heavy atom. The summed E-state index contributed by atoms with van der Waals surface area (Å²) in [6, 6.07) is 3.48. The normalized spacial score (nSPS) is 10.2. The van der Waals surface area contributed by atoms with Gasteiger partial charge in [0.05, 0.1) is 33.8 Å². The lowest BCUT2D eigenvalue weighted by atomic mass is 10.2. The lowest BCUT2D eigenvalue weighted by Gasteiger charge is -2.04. The number of carbonyl (C=O) groups is 1. The zero-order valence-corrected chi connectivity index (χ0v) is 9.78. The number of pyridine rings is 1. The lowest BCUT2D eigenvalue weighted by molar-refractivity contribution is 0.210. The average molecular weight is 250 g/mol. The van der Waals surface area contributed by atoms with Gasteiger partial charge in [0.25, 0.3) is 0 Å². The standard InChI is InChI=1S/C10H10N4O2S/c1-5-6(11)2-3-7(13-5)9-8(4-12-17-9)14-10(15)16/h2-4,14H,11H2,1H3,(H,15,16). The second-order valence-corrected chi connectivity index (χ2v) is 4.17. The van der Waals surface area contributed by atoms with Crippen LogP contribution in [-0.4, -0.2) is 20.6 Å². The van der Waals surface area contributed by atoms with E-state index in [2.05, 4.69) is 14.7 Å². The van der Waals surface area contributed by atoms with Crippen LogP contribution >= 0.6 is 11.5 Å². The van der Waals surface area contributed by atoms with Crippen LogP contribution in [0.1, 0.15) is 5.69 Å². The summed E-state index contributed by atoms with van der Waals surface area (Å²) in [5, 5.41) is 11.0. The van der Waals surface area contributed by atoms with Crippen LogP contribution < -0.4 is 11.1 Å². The fourth-order valence-electron chi connectivity index (χ4n) is 1.33. The number of hydrogen-bond donors (Lipinski definition) is 3. The minimum Gasteiger partial charge on any atom is -0.465 e. The van der Waals surface area contributed by atoms with Crippen molar-refractivity contribution in [3.8, 4) is 10.6 Å². The zero-order valence-electron chi connectivity index (χ0n) is 8.97. The number of rotatable bonds is 2. The van der Waals surface area contributed by atoms with E-state index in [9.17, 15) is 4.79 Å². The van der Waals surface area contributed by atoms with Crippen LogP contribution in [0.15, 0.2) is 18.3 Å². The van der Waals surface area contributed by atoms with Gasteiger partial charge in [-0.15, -0.1) is 0 Å². The summed E-state index contributed by atoms with van der Waals surface area (Å²) >= 11 is 1.18. The van der Waals surface area contributed by atoms with Crippen molar-refractivity contribution in [2.24, 2.45) is 0 Å². The molecule has 2 aromatic rings. The van der Waals surface area contributed by atoms with E-state index < -0.39 is 6.09 Å². The molecule has 0 fully saturated rings. The highest BCUT2D eigenvalue weighted by Gasteiger charge is 2.12. The summed E-state index contributed by atoms with van der Waals surface area (Å²) in [5.74, 6) is 0. The van der Waals surface area contributed by atoms with Crippen LogP contribution in [0.2, 0.25) is 0 Å². The monoisotopic (exact) mass is 250 g/mol. The van der Waals surface area contributed by atoms with E-state index in [0.717, 1.165) is 0 Å². The molecule has 0 aliphatic carbocycles. The number of nitrogens with one attached hydrogen (secondary N) is 1. The number of nitrogen functional groups attached to an aromatic ring is 1. The summed E-state index contributed by atoms with van der Waals surface area (Å²) in [4.78, 5) is 15.6. The minimum absolute atomic E-state index is 0.430. The van der Waals surface area contributed by atoms with Crippen LogP contribution in [0.4, 0.5) is 16.2 Å². The molecule has 0 bridgehead atoms. The van der Waals surface area contributed by atoms with E-state index in [0.29, 0.717) is 27.6 Å². The number of hydrogen-bond acceptors (Lipinski definition) is 5. The van der Waals surface area contributed by atoms with Gasteiger partial charge in [-0.05, 0) is 30.6 Å². The maximum absolute atomic E-state index is 10.6. The van der Waals surface area contributed by atoms with E-state index in [1.165, 1.54) is 17.7 Å². The number of nitrogens with two attached hydrogens (primary N) is 1. The molecule has 0 saturated carbocycles. The van der Waals surface area contributed by atoms with Gasteiger partial charge in [-0.1, -0.05) is 0 Å². The highest BCUT2D eigenvalue weighted by Crippen LogP contribution is 2.31. The van der Waals surface area contributed by atoms with Gasteiger partial charge in [-0.3, -0.25) is 5.32 Å². The molecule has 88 valence electrons. The predicted molar refractivity (Wildman–Crippen MR) is 66.1 cm³/mol. The first-order valence-electron chi connectivity index (χ1n) is 4.76.